The summed E-state index contributed by atoms with van der Waals surface area (Å²) in [6.45, 7) is 1.42. The van der Waals surface area contributed by atoms with Crippen LogP contribution in [0.4, 0.5) is 0 Å². The third kappa shape index (κ3) is 3.08. The van der Waals surface area contributed by atoms with Gasteiger partial charge in [0.05, 0.1) is 7.11 Å². The first-order chi connectivity index (χ1) is 10.3. The van der Waals surface area contributed by atoms with Crippen molar-refractivity contribution in [2.24, 2.45) is 5.92 Å². The molecule has 0 bridgehead atoms. The van der Waals surface area contributed by atoms with E-state index in [0.717, 1.165) is 34.9 Å². The Bertz CT molecular complexity index is 642. The molecule has 0 N–H and O–H groups in total. The Morgan fingerprint density at radius 2 is 2.05 bits per heavy atom. The number of ether oxygens (including phenoxy) is 2. The predicted molar refractivity (Wildman–Crippen MR) is 82.8 cm³/mol. The zero-order valence-corrected chi connectivity index (χ0v) is 12.3. The molecule has 0 aromatic heterocycles. The number of Topliss-reactive ketones (excluding diaryl/α,β-unsaturated/α-hetero) is 1. The van der Waals surface area contributed by atoms with Crippen molar-refractivity contribution in [3.05, 3.63) is 42.0 Å². The molecule has 0 unspecified atom stereocenters. The highest BCUT2D eigenvalue weighted by atomic mass is 16.5. The lowest BCUT2D eigenvalue weighted by atomic mass is 9.90. The van der Waals surface area contributed by atoms with Crippen molar-refractivity contribution in [2.75, 3.05) is 20.3 Å². The number of carbonyl (C=O) groups excluding carboxylic acids is 1. The molecule has 1 aliphatic rings. The lowest BCUT2D eigenvalue weighted by Crippen LogP contribution is -2.24. The average molecular weight is 284 g/mol. The molecule has 0 radical (unpaired) electrons. The van der Waals surface area contributed by atoms with Crippen LogP contribution in [0.2, 0.25) is 0 Å². The maximum Gasteiger partial charge on any atom is 0.140 e. The number of hydrogen-bond acceptors (Lipinski definition) is 3. The number of rotatable bonds is 4. The molecule has 3 nitrogen and oxygen atoms in total. The highest BCUT2D eigenvalue weighted by molar-refractivity contribution is 5.92. The van der Waals surface area contributed by atoms with Gasteiger partial charge >= 0.3 is 0 Å². The quantitative estimate of drug-likeness (QED) is 0.863. The van der Waals surface area contributed by atoms with Gasteiger partial charge in [-0.2, -0.15) is 0 Å². The largest absolute Gasteiger partial charge is 0.497 e. The second-order valence-electron chi connectivity index (χ2n) is 5.53. The Hall–Kier alpha value is -1.87. The molecular weight excluding hydrogens is 264 g/mol. The van der Waals surface area contributed by atoms with Gasteiger partial charge in [-0.05, 0) is 41.3 Å². The van der Waals surface area contributed by atoms with E-state index in [1.807, 2.05) is 30.3 Å². The fraction of sp³-hybridized carbons (Fsp3) is 0.389. The maximum atomic E-state index is 12.5. The molecular formula is C18H20O3. The fourth-order valence-corrected chi connectivity index (χ4v) is 2.95. The minimum atomic E-state index is 0.152. The third-order valence-corrected chi connectivity index (χ3v) is 4.22. The normalized spacial score (nSPS) is 16.0. The van der Waals surface area contributed by atoms with E-state index in [9.17, 15) is 4.79 Å². The zero-order valence-electron chi connectivity index (χ0n) is 12.3. The summed E-state index contributed by atoms with van der Waals surface area (Å²) in [5.74, 6) is 1.31. The molecule has 21 heavy (non-hydrogen) atoms. The van der Waals surface area contributed by atoms with Crippen molar-refractivity contribution in [1.82, 2.24) is 0 Å². The van der Waals surface area contributed by atoms with Gasteiger partial charge in [-0.25, -0.2) is 0 Å². The lowest BCUT2D eigenvalue weighted by Gasteiger charge is -2.21. The molecule has 0 aliphatic carbocycles. The van der Waals surface area contributed by atoms with Crippen molar-refractivity contribution >= 4 is 16.6 Å². The van der Waals surface area contributed by atoms with Crippen molar-refractivity contribution in [2.45, 2.75) is 19.3 Å². The number of fused-ring (bicyclic) bond motifs is 1. The van der Waals surface area contributed by atoms with Crippen LogP contribution in [0.15, 0.2) is 36.4 Å². The molecule has 2 aromatic rings. The SMILES string of the molecule is COc1ccc2cccc(CC(=O)C3CCOCC3)c2c1. The van der Waals surface area contributed by atoms with Crippen LogP contribution < -0.4 is 4.74 Å². The van der Waals surface area contributed by atoms with E-state index in [4.69, 9.17) is 9.47 Å². The molecule has 1 fully saturated rings. The molecule has 1 saturated heterocycles. The summed E-state index contributed by atoms with van der Waals surface area (Å²) < 4.78 is 10.6. The molecule has 0 saturated carbocycles. The summed E-state index contributed by atoms with van der Waals surface area (Å²) in [7, 11) is 1.66. The smallest absolute Gasteiger partial charge is 0.140 e. The van der Waals surface area contributed by atoms with Crippen LogP contribution in [0.1, 0.15) is 18.4 Å². The topological polar surface area (TPSA) is 35.5 Å². The van der Waals surface area contributed by atoms with Gasteiger partial charge in [-0.3, -0.25) is 4.79 Å². The summed E-state index contributed by atoms with van der Waals surface area (Å²) in [6, 6.07) is 12.1. The van der Waals surface area contributed by atoms with E-state index in [2.05, 4.69) is 6.07 Å². The monoisotopic (exact) mass is 284 g/mol. The number of hydrogen-bond donors (Lipinski definition) is 0. The van der Waals surface area contributed by atoms with Gasteiger partial charge in [0.2, 0.25) is 0 Å². The number of carbonyl (C=O) groups is 1. The number of benzene rings is 2. The van der Waals surface area contributed by atoms with Crippen molar-refractivity contribution in [3.8, 4) is 5.75 Å². The molecule has 1 heterocycles. The Kier molecular flexibility index (Phi) is 4.20. The molecule has 0 amide bonds. The van der Waals surface area contributed by atoms with E-state index in [-0.39, 0.29) is 5.92 Å². The van der Waals surface area contributed by atoms with Crippen LogP contribution in [-0.2, 0) is 16.0 Å². The standard InChI is InChI=1S/C18H20O3/c1-20-16-6-5-13-3-2-4-15(17(13)12-16)11-18(19)14-7-9-21-10-8-14/h2-6,12,14H,7-11H2,1H3. The van der Waals surface area contributed by atoms with Gasteiger partial charge in [-0.1, -0.05) is 24.3 Å². The molecule has 2 aromatic carbocycles. The Morgan fingerprint density at radius 3 is 2.81 bits per heavy atom. The van der Waals surface area contributed by atoms with Gasteiger partial charge in [0, 0.05) is 25.6 Å². The highest BCUT2D eigenvalue weighted by Gasteiger charge is 2.22. The molecule has 0 spiro atoms. The van der Waals surface area contributed by atoms with E-state index >= 15 is 0 Å². The van der Waals surface area contributed by atoms with Crippen LogP contribution >= 0.6 is 0 Å². The van der Waals surface area contributed by atoms with Crippen LogP contribution in [-0.4, -0.2) is 26.1 Å². The highest BCUT2D eigenvalue weighted by Crippen LogP contribution is 2.26. The summed E-state index contributed by atoms with van der Waals surface area (Å²) in [5, 5.41) is 2.25. The van der Waals surface area contributed by atoms with Crippen molar-refractivity contribution in [3.63, 3.8) is 0 Å². The number of ketones is 1. The first-order valence-corrected chi connectivity index (χ1v) is 7.44. The minimum absolute atomic E-state index is 0.152. The van der Waals surface area contributed by atoms with E-state index in [1.54, 1.807) is 7.11 Å². The van der Waals surface area contributed by atoms with Gasteiger partial charge < -0.3 is 9.47 Å². The Morgan fingerprint density at radius 1 is 1.24 bits per heavy atom. The second kappa shape index (κ2) is 6.27. The van der Waals surface area contributed by atoms with Gasteiger partial charge in [0.15, 0.2) is 0 Å². The number of methoxy groups -OCH3 is 1. The van der Waals surface area contributed by atoms with Crippen LogP contribution in [0.25, 0.3) is 10.8 Å². The molecule has 0 atom stereocenters. The molecule has 3 rings (SSSR count). The Balaban J connectivity index is 1.87. The first-order valence-electron chi connectivity index (χ1n) is 7.44. The molecule has 3 heteroatoms. The second-order valence-corrected chi connectivity index (χ2v) is 5.53. The van der Waals surface area contributed by atoms with E-state index < -0.39 is 0 Å². The summed E-state index contributed by atoms with van der Waals surface area (Å²) in [5.41, 5.74) is 1.09. The Labute approximate surface area is 124 Å². The van der Waals surface area contributed by atoms with E-state index in [1.165, 1.54) is 0 Å². The van der Waals surface area contributed by atoms with Crippen LogP contribution in [0, 0.1) is 5.92 Å². The van der Waals surface area contributed by atoms with Crippen molar-refractivity contribution < 1.29 is 14.3 Å². The molecule has 110 valence electrons. The van der Waals surface area contributed by atoms with Gasteiger partial charge in [-0.15, -0.1) is 0 Å². The summed E-state index contributed by atoms with van der Waals surface area (Å²) in [6.07, 6.45) is 2.20. The fourth-order valence-electron chi connectivity index (χ4n) is 2.95. The molecule has 1 aliphatic heterocycles. The third-order valence-electron chi connectivity index (χ3n) is 4.22. The van der Waals surface area contributed by atoms with Gasteiger partial charge in [0.25, 0.3) is 0 Å². The summed E-state index contributed by atoms with van der Waals surface area (Å²) >= 11 is 0. The lowest BCUT2D eigenvalue weighted by molar-refractivity contribution is -0.124. The van der Waals surface area contributed by atoms with Crippen LogP contribution in [0.3, 0.4) is 0 Å². The van der Waals surface area contributed by atoms with E-state index in [0.29, 0.717) is 25.4 Å². The predicted octanol–water partition coefficient (Wildman–Crippen LogP) is 3.39. The van der Waals surface area contributed by atoms with Crippen molar-refractivity contribution in [1.29, 1.82) is 0 Å². The maximum absolute atomic E-state index is 12.5. The average Bonchev–Trinajstić information content (AvgIpc) is 2.55. The van der Waals surface area contributed by atoms with Gasteiger partial charge in [0.1, 0.15) is 11.5 Å². The minimum Gasteiger partial charge on any atom is -0.497 e. The van der Waals surface area contributed by atoms with Crippen LogP contribution in [0.5, 0.6) is 5.75 Å². The summed E-state index contributed by atoms with van der Waals surface area (Å²) in [4.78, 5) is 12.5. The zero-order chi connectivity index (χ0) is 14.7. The first kappa shape index (κ1) is 14.1.